The fourth-order valence-corrected chi connectivity index (χ4v) is 3.51. The van der Waals surface area contributed by atoms with E-state index in [2.05, 4.69) is 21.7 Å². The van der Waals surface area contributed by atoms with Crippen LogP contribution in [-0.4, -0.2) is 45.1 Å². The van der Waals surface area contributed by atoms with E-state index in [1.807, 2.05) is 64.0 Å². The maximum atomic E-state index is 12.5. The molecule has 0 aliphatic carbocycles. The molecule has 0 fully saturated rings. The zero-order valence-corrected chi connectivity index (χ0v) is 18.2. The number of anilines is 1. The second-order valence-electron chi connectivity index (χ2n) is 7.82. The van der Waals surface area contributed by atoms with E-state index in [9.17, 15) is 9.59 Å². The molecule has 2 heterocycles. The van der Waals surface area contributed by atoms with Gasteiger partial charge in [0, 0.05) is 62.4 Å². The van der Waals surface area contributed by atoms with Gasteiger partial charge in [-0.05, 0) is 35.4 Å². The van der Waals surface area contributed by atoms with E-state index < -0.39 is 0 Å². The van der Waals surface area contributed by atoms with Gasteiger partial charge in [-0.25, -0.2) is 9.78 Å². The summed E-state index contributed by atoms with van der Waals surface area (Å²) >= 11 is 0. The molecule has 2 N–H and O–H groups in total. The van der Waals surface area contributed by atoms with Gasteiger partial charge < -0.3 is 24.7 Å². The highest BCUT2D eigenvalue weighted by Gasteiger charge is 2.10. The Morgan fingerprint density at radius 3 is 2.59 bits per heavy atom. The van der Waals surface area contributed by atoms with Crippen LogP contribution < -0.4 is 10.6 Å². The lowest BCUT2D eigenvalue weighted by Gasteiger charge is -2.13. The first kappa shape index (κ1) is 21.2. The van der Waals surface area contributed by atoms with Crippen LogP contribution in [-0.2, 0) is 24.4 Å². The molecular formula is C24H26N6O2. The lowest BCUT2D eigenvalue weighted by molar-refractivity contribution is -0.129. The summed E-state index contributed by atoms with van der Waals surface area (Å²) in [5.41, 5.74) is 3.81. The van der Waals surface area contributed by atoms with Crippen molar-refractivity contribution >= 4 is 28.5 Å². The Kier molecular flexibility index (Phi) is 6.21. The number of carbonyl (C=O) groups is 2. The van der Waals surface area contributed by atoms with Crippen LogP contribution in [0.4, 0.5) is 10.5 Å². The van der Waals surface area contributed by atoms with Crippen LogP contribution in [0.5, 0.6) is 0 Å². The topological polar surface area (TPSA) is 84.2 Å². The van der Waals surface area contributed by atoms with Gasteiger partial charge in [-0.3, -0.25) is 4.79 Å². The summed E-state index contributed by atoms with van der Waals surface area (Å²) < 4.78 is 3.89. The second kappa shape index (κ2) is 9.38. The molecule has 0 atom stereocenters. The number of likely N-dealkylation sites (N-methyl/N-ethyl adjacent to an activating group) is 1. The smallest absolute Gasteiger partial charge is 0.319 e. The Balaban J connectivity index is 1.38. The molecule has 8 heteroatoms. The number of hydrogen-bond donors (Lipinski definition) is 2. The van der Waals surface area contributed by atoms with Gasteiger partial charge in [0.1, 0.15) is 6.54 Å². The number of carbonyl (C=O) groups excluding carboxylic acids is 2. The standard InChI is InChI=1S/C24H26N6O2/c1-28(2)23(31)16-30-11-9-18-13-21(7-8-22(18)30)27-24(32)26-14-19-5-3-4-6-20(19)15-29-12-10-25-17-29/h3-13,17H,14-16H2,1-2H3,(H2,26,27,32). The molecule has 4 aromatic rings. The zero-order valence-electron chi connectivity index (χ0n) is 18.2. The molecule has 0 saturated heterocycles. The van der Waals surface area contributed by atoms with Gasteiger partial charge in [-0.2, -0.15) is 0 Å². The van der Waals surface area contributed by atoms with Gasteiger partial charge in [-0.15, -0.1) is 0 Å². The van der Waals surface area contributed by atoms with Gasteiger partial charge in [-0.1, -0.05) is 24.3 Å². The van der Waals surface area contributed by atoms with Gasteiger partial charge in [0.05, 0.1) is 6.33 Å². The molecule has 0 spiro atoms. The van der Waals surface area contributed by atoms with Crippen LogP contribution in [0.15, 0.2) is 73.4 Å². The molecule has 0 aliphatic heterocycles. The molecule has 2 aromatic carbocycles. The third-order valence-electron chi connectivity index (χ3n) is 5.30. The molecule has 32 heavy (non-hydrogen) atoms. The summed E-state index contributed by atoms with van der Waals surface area (Å²) in [7, 11) is 3.48. The minimum Gasteiger partial charge on any atom is -0.347 e. The number of fused-ring (bicyclic) bond motifs is 1. The fourth-order valence-electron chi connectivity index (χ4n) is 3.51. The van der Waals surface area contributed by atoms with Gasteiger partial charge in [0.2, 0.25) is 5.91 Å². The number of benzene rings is 2. The van der Waals surface area contributed by atoms with E-state index in [0.717, 1.165) is 22.0 Å². The molecule has 164 valence electrons. The summed E-state index contributed by atoms with van der Waals surface area (Å²) in [4.78, 5) is 30.1. The Morgan fingerprint density at radius 2 is 1.84 bits per heavy atom. The Labute approximate surface area is 186 Å². The first-order chi connectivity index (χ1) is 15.5. The van der Waals surface area contributed by atoms with E-state index in [1.165, 1.54) is 0 Å². The highest BCUT2D eigenvalue weighted by molar-refractivity contribution is 5.93. The first-order valence-electron chi connectivity index (χ1n) is 10.4. The SMILES string of the molecule is CN(C)C(=O)Cn1ccc2cc(NC(=O)NCc3ccccc3Cn3ccnc3)ccc21. The summed E-state index contributed by atoms with van der Waals surface area (Å²) in [6.07, 6.45) is 7.32. The molecule has 2 aromatic heterocycles. The first-order valence-corrected chi connectivity index (χ1v) is 10.4. The minimum atomic E-state index is -0.274. The monoisotopic (exact) mass is 430 g/mol. The number of aromatic nitrogens is 3. The molecule has 4 rings (SSSR count). The Morgan fingerprint density at radius 1 is 1.03 bits per heavy atom. The third-order valence-corrected chi connectivity index (χ3v) is 5.30. The Hall–Kier alpha value is -4.07. The zero-order chi connectivity index (χ0) is 22.5. The predicted octanol–water partition coefficient (Wildman–Crippen LogP) is 3.30. The van der Waals surface area contributed by atoms with Crippen LogP contribution in [0.3, 0.4) is 0 Å². The second-order valence-corrected chi connectivity index (χ2v) is 7.82. The van der Waals surface area contributed by atoms with E-state index in [0.29, 0.717) is 18.8 Å². The van der Waals surface area contributed by atoms with Crippen LogP contribution in [0.1, 0.15) is 11.1 Å². The van der Waals surface area contributed by atoms with Crippen molar-refractivity contribution in [3.8, 4) is 0 Å². The number of nitrogens with zero attached hydrogens (tertiary/aromatic N) is 4. The number of imidazole rings is 1. The van der Waals surface area contributed by atoms with Crippen LogP contribution >= 0.6 is 0 Å². The number of rotatable bonds is 7. The average molecular weight is 431 g/mol. The molecule has 0 saturated carbocycles. The maximum Gasteiger partial charge on any atom is 0.319 e. The summed E-state index contributed by atoms with van der Waals surface area (Å²) in [6.45, 7) is 1.40. The van der Waals surface area contributed by atoms with Crippen molar-refractivity contribution in [3.63, 3.8) is 0 Å². The van der Waals surface area contributed by atoms with Crippen molar-refractivity contribution in [2.45, 2.75) is 19.6 Å². The molecule has 0 radical (unpaired) electrons. The van der Waals surface area contributed by atoms with Crippen molar-refractivity contribution in [2.75, 3.05) is 19.4 Å². The van der Waals surface area contributed by atoms with Gasteiger partial charge in [0.15, 0.2) is 0 Å². The van der Waals surface area contributed by atoms with Gasteiger partial charge in [0.25, 0.3) is 0 Å². The number of urea groups is 1. The van der Waals surface area contributed by atoms with E-state index >= 15 is 0 Å². The highest BCUT2D eigenvalue weighted by Crippen LogP contribution is 2.21. The quantitative estimate of drug-likeness (QED) is 0.472. The van der Waals surface area contributed by atoms with E-state index in [4.69, 9.17) is 0 Å². The summed E-state index contributed by atoms with van der Waals surface area (Å²) in [5.74, 6) is 0.0254. The maximum absolute atomic E-state index is 12.5. The minimum absolute atomic E-state index is 0.0254. The molecule has 0 unspecified atom stereocenters. The normalized spacial score (nSPS) is 10.8. The van der Waals surface area contributed by atoms with Crippen LogP contribution in [0.25, 0.3) is 10.9 Å². The number of nitrogens with one attached hydrogen (secondary N) is 2. The molecular weight excluding hydrogens is 404 g/mol. The van der Waals surface area contributed by atoms with Crippen LogP contribution in [0, 0.1) is 0 Å². The van der Waals surface area contributed by atoms with Crippen molar-refractivity contribution < 1.29 is 9.59 Å². The molecule has 3 amide bonds. The molecule has 8 nitrogen and oxygen atoms in total. The third kappa shape index (κ3) is 4.97. The average Bonchev–Trinajstić information content (AvgIpc) is 3.43. The summed E-state index contributed by atoms with van der Waals surface area (Å²) in [5, 5.41) is 6.78. The largest absolute Gasteiger partial charge is 0.347 e. The van der Waals surface area contributed by atoms with Crippen molar-refractivity contribution in [3.05, 3.63) is 84.6 Å². The summed E-state index contributed by atoms with van der Waals surface area (Å²) in [6, 6.07) is 15.3. The predicted molar refractivity (Wildman–Crippen MR) is 124 cm³/mol. The lowest BCUT2D eigenvalue weighted by Crippen LogP contribution is -2.28. The van der Waals surface area contributed by atoms with Gasteiger partial charge >= 0.3 is 6.03 Å². The lowest BCUT2D eigenvalue weighted by atomic mass is 10.1. The van der Waals surface area contributed by atoms with E-state index in [1.54, 1.807) is 31.5 Å². The van der Waals surface area contributed by atoms with Crippen LogP contribution in [0.2, 0.25) is 0 Å². The highest BCUT2D eigenvalue weighted by atomic mass is 16.2. The van der Waals surface area contributed by atoms with Crippen molar-refractivity contribution in [2.24, 2.45) is 0 Å². The van der Waals surface area contributed by atoms with E-state index in [-0.39, 0.29) is 18.5 Å². The van der Waals surface area contributed by atoms with Crippen molar-refractivity contribution in [1.29, 1.82) is 0 Å². The fraction of sp³-hybridized carbons (Fsp3) is 0.208. The molecule has 0 bridgehead atoms. The number of hydrogen-bond acceptors (Lipinski definition) is 3. The Bertz CT molecular complexity index is 1230. The number of amides is 3. The van der Waals surface area contributed by atoms with Crippen molar-refractivity contribution in [1.82, 2.24) is 24.3 Å². The molecule has 0 aliphatic rings.